The molecule has 18 heavy (non-hydrogen) atoms. The Bertz CT molecular complexity index is 330. The number of methoxy groups -OCH3 is 1. The van der Waals surface area contributed by atoms with Crippen molar-refractivity contribution >= 4 is 5.91 Å². The van der Waals surface area contributed by atoms with E-state index in [-0.39, 0.29) is 11.8 Å². The maximum atomic E-state index is 12.4. The van der Waals surface area contributed by atoms with Crippen molar-refractivity contribution < 1.29 is 14.6 Å². The Labute approximate surface area is 108 Å². The number of rotatable bonds is 5. The van der Waals surface area contributed by atoms with Crippen molar-refractivity contribution in [2.45, 2.75) is 25.4 Å². The number of carbonyl (C=O) groups is 1. The number of ether oxygens (including phenoxy) is 1. The molecule has 3 aliphatic carbocycles. The third kappa shape index (κ3) is 1.86. The minimum absolute atomic E-state index is 0.247. The highest BCUT2D eigenvalue weighted by Gasteiger charge is 2.67. The summed E-state index contributed by atoms with van der Waals surface area (Å²) >= 11 is 0. The molecule has 0 saturated heterocycles. The Morgan fingerprint density at radius 1 is 1.39 bits per heavy atom. The highest BCUT2D eigenvalue weighted by Crippen LogP contribution is 2.69. The molecule has 0 radical (unpaired) electrons. The predicted molar refractivity (Wildman–Crippen MR) is 66.8 cm³/mol. The van der Waals surface area contributed by atoms with Gasteiger partial charge in [-0.25, -0.2) is 0 Å². The van der Waals surface area contributed by atoms with Gasteiger partial charge in [0.1, 0.15) is 0 Å². The Balaban J connectivity index is 1.53. The van der Waals surface area contributed by atoms with Gasteiger partial charge in [-0.3, -0.25) is 4.79 Å². The molecule has 1 N–H and O–H groups in total. The molecule has 3 fully saturated rings. The average molecular weight is 253 g/mol. The molecule has 2 bridgehead atoms. The number of nitrogens with zero attached hydrogens (tertiary/aromatic N) is 1. The maximum Gasteiger partial charge on any atom is 0.226 e. The fraction of sp³-hybridized carbons (Fsp3) is 0.929. The third-order valence-electron chi connectivity index (χ3n) is 5.24. The lowest BCUT2D eigenvalue weighted by Crippen LogP contribution is -2.38. The van der Waals surface area contributed by atoms with E-state index in [1.165, 1.54) is 19.3 Å². The quantitative estimate of drug-likeness (QED) is 0.786. The Kier molecular flexibility index (Phi) is 3.10. The molecule has 3 saturated carbocycles. The summed E-state index contributed by atoms with van der Waals surface area (Å²) in [5.74, 6) is 3.53. The number of amides is 1. The second-order valence-electron chi connectivity index (χ2n) is 6.34. The minimum Gasteiger partial charge on any atom is -0.389 e. The van der Waals surface area contributed by atoms with E-state index in [0.29, 0.717) is 25.0 Å². The van der Waals surface area contributed by atoms with Crippen molar-refractivity contribution in [3.63, 3.8) is 0 Å². The Morgan fingerprint density at radius 3 is 2.56 bits per heavy atom. The van der Waals surface area contributed by atoms with Gasteiger partial charge in [0.25, 0.3) is 0 Å². The van der Waals surface area contributed by atoms with Crippen molar-refractivity contribution in [1.82, 2.24) is 4.90 Å². The summed E-state index contributed by atoms with van der Waals surface area (Å²) in [6.45, 7) is 0.679. The van der Waals surface area contributed by atoms with E-state index in [4.69, 9.17) is 4.74 Å². The van der Waals surface area contributed by atoms with E-state index in [9.17, 15) is 9.90 Å². The highest BCUT2D eigenvalue weighted by atomic mass is 16.5. The smallest absolute Gasteiger partial charge is 0.226 e. The first-order valence-corrected chi connectivity index (χ1v) is 7.05. The molecule has 0 aromatic rings. The summed E-state index contributed by atoms with van der Waals surface area (Å²) in [4.78, 5) is 14.1. The summed E-state index contributed by atoms with van der Waals surface area (Å²) in [6.07, 6.45) is 3.48. The standard InChI is InChI=1S/C14H23NO3/c1-15(6-10(16)7-18-2)14(17)13-11-8-3-4-9(5-8)12(11)13/h8-13,16H,3-7H2,1-2H3. The van der Waals surface area contributed by atoms with Crippen LogP contribution in [0.15, 0.2) is 0 Å². The van der Waals surface area contributed by atoms with E-state index in [2.05, 4.69) is 0 Å². The van der Waals surface area contributed by atoms with Gasteiger partial charge in [0.15, 0.2) is 0 Å². The van der Waals surface area contributed by atoms with Crippen LogP contribution in [-0.4, -0.2) is 49.3 Å². The van der Waals surface area contributed by atoms with Gasteiger partial charge in [-0.2, -0.15) is 0 Å². The van der Waals surface area contributed by atoms with Gasteiger partial charge in [-0.15, -0.1) is 0 Å². The van der Waals surface area contributed by atoms with Crippen LogP contribution in [-0.2, 0) is 9.53 Å². The van der Waals surface area contributed by atoms with Gasteiger partial charge in [0, 0.05) is 26.6 Å². The van der Waals surface area contributed by atoms with E-state index >= 15 is 0 Å². The van der Waals surface area contributed by atoms with Gasteiger partial charge < -0.3 is 14.7 Å². The molecule has 102 valence electrons. The van der Waals surface area contributed by atoms with Crippen LogP contribution in [0.3, 0.4) is 0 Å². The first-order chi connectivity index (χ1) is 8.63. The Morgan fingerprint density at radius 2 is 2.00 bits per heavy atom. The second kappa shape index (κ2) is 4.49. The van der Waals surface area contributed by atoms with Crippen molar-refractivity contribution in [3.05, 3.63) is 0 Å². The topological polar surface area (TPSA) is 49.8 Å². The zero-order valence-corrected chi connectivity index (χ0v) is 11.2. The van der Waals surface area contributed by atoms with Gasteiger partial charge in [-0.05, 0) is 42.9 Å². The number of aliphatic hydroxyl groups is 1. The van der Waals surface area contributed by atoms with Crippen LogP contribution in [0, 0.1) is 29.6 Å². The first kappa shape index (κ1) is 12.4. The SMILES string of the molecule is COCC(O)CN(C)C(=O)C1C2C3CCC(C3)C12. The van der Waals surface area contributed by atoms with Gasteiger partial charge >= 0.3 is 0 Å². The molecule has 3 aliphatic rings. The van der Waals surface area contributed by atoms with E-state index in [1.807, 2.05) is 0 Å². The number of carbonyl (C=O) groups excluding carboxylic acids is 1. The van der Waals surface area contributed by atoms with E-state index in [1.54, 1.807) is 19.1 Å². The van der Waals surface area contributed by atoms with Crippen molar-refractivity contribution in [2.24, 2.45) is 29.6 Å². The third-order valence-corrected chi connectivity index (χ3v) is 5.24. The molecule has 4 nitrogen and oxygen atoms in total. The van der Waals surface area contributed by atoms with Crippen molar-refractivity contribution in [1.29, 1.82) is 0 Å². The molecule has 0 aliphatic heterocycles. The van der Waals surface area contributed by atoms with Crippen LogP contribution in [0.2, 0.25) is 0 Å². The lowest BCUT2D eigenvalue weighted by Gasteiger charge is -2.22. The zero-order chi connectivity index (χ0) is 12.9. The molecule has 0 spiro atoms. The summed E-state index contributed by atoms with van der Waals surface area (Å²) in [6, 6.07) is 0. The largest absolute Gasteiger partial charge is 0.389 e. The highest BCUT2D eigenvalue weighted by molar-refractivity contribution is 5.82. The number of hydrogen-bond acceptors (Lipinski definition) is 3. The second-order valence-corrected chi connectivity index (χ2v) is 6.34. The number of fused-ring (bicyclic) bond motifs is 5. The molecule has 1 amide bonds. The van der Waals surface area contributed by atoms with Gasteiger partial charge in [-0.1, -0.05) is 0 Å². The maximum absolute atomic E-state index is 12.4. The molecule has 4 heteroatoms. The summed E-state index contributed by atoms with van der Waals surface area (Å²) in [7, 11) is 3.37. The summed E-state index contributed by atoms with van der Waals surface area (Å²) in [5.41, 5.74) is 0. The van der Waals surface area contributed by atoms with Gasteiger partial charge in [0.05, 0.1) is 12.7 Å². The molecular formula is C14H23NO3. The van der Waals surface area contributed by atoms with Crippen LogP contribution < -0.4 is 0 Å². The fourth-order valence-electron chi connectivity index (χ4n) is 4.56. The molecule has 0 aromatic heterocycles. The van der Waals surface area contributed by atoms with E-state index in [0.717, 1.165) is 11.8 Å². The molecular weight excluding hydrogens is 230 g/mol. The molecule has 3 rings (SSSR count). The van der Waals surface area contributed by atoms with Crippen LogP contribution in [0.4, 0.5) is 0 Å². The lowest BCUT2D eigenvalue weighted by molar-refractivity contribution is -0.134. The number of aliphatic hydroxyl groups excluding tert-OH is 1. The molecule has 5 unspecified atom stereocenters. The van der Waals surface area contributed by atoms with Crippen LogP contribution >= 0.6 is 0 Å². The molecule has 5 atom stereocenters. The first-order valence-electron chi connectivity index (χ1n) is 7.05. The lowest BCUT2D eigenvalue weighted by atomic mass is 10.0. The fourth-order valence-corrected chi connectivity index (χ4v) is 4.56. The summed E-state index contributed by atoms with van der Waals surface area (Å²) in [5, 5.41) is 9.67. The number of hydrogen-bond donors (Lipinski definition) is 1. The van der Waals surface area contributed by atoms with Crippen molar-refractivity contribution in [2.75, 3.05) is 27.3 Å². The zero-order valence-electron chi connectivity index (χ0n) is 11.2. The normalized spacial score (nSPS) is 41.6. The van der Waals surface area contributed by atoms with Gasteiger partial charge in [0.2, 0.25) is 5.91 Å². The molecule has 0 heterocycles. The monoisotopic (exact) mass is 253 g/mol. The van der Waals surface area contributed by atoms with Crippen LogP contribution in [0.25, 0.3) is 0 Å². The number of likely N-dealkylation sites (N-methyl/N-ethyl adjacent to an activating group) is 1. The van der Waals surface area contributed by atoms with Crippen molar-refractivity contribution in [3.8, 4) is 0 Å². The average Bonchev–Trinajstić information content (AvgIpc) is 2.76. The minimum atomic E-state index is -0.570. The van der Waals surface area contributed by atoms with Crippen LogP contribution in [0.5, 0.6) is 0 Å². The van der Waals surface area contributed by atoms with E-state index < -0.39 is 6.10 Å². The Hall–Kier alpha value is -0.610. The van der Waals surface area contributed by atoms with Crippen LogP contribution in [0.1, 0.15) is 19.3 Å². The summed E-state index contributed by atoms with van der Waals surface area (Å²) < 4.78 is 4.89. The predicted octanol–water partition coefficient (Wildman–Crippen LogP) is 0.744. The molecule has 0 aromatic carbocycles.